The highest BCUT2D eigenvalue weighted by Gasteiger charge is 2.09. The SMILES string of the molecule is Cc1c(Cl)[nH]c(=O)n(-c2ccccc2)c1=O. The molecule has 1 N–H and O–H groups in total. The number of benzene rings is 1. The van der Waals surface area contributed by atoms with Crippen LogP contribution in [0.1, 0.15) is 5.56 Å². The molecule has 0 saturated carbocycles. The number of hydrogen-bond donors (Lipinski definition) is 1. The Bertz CT molecular complexity index is 629. The van der Waals surface area contributed by atoms with Gasteiger partial charge < -0.3 is 0 Å². The van der Waals surface area contributed by atoms with Gasteiger partial charge in [-0.2, -0.15) is 0 Å². The molecule has 1 aromatic heterocycles. The molecule has 2 aromatic rings. The monoisotopic (exact) mass is 236 g/mol. The molecule has 0 unspecified atom stereocenters. The van der Waals surface area contributed by atoms with E-state index in [1.54, 1.807) is 31.2 Å². The van der Waals surface area contributed by atoms with E-state index in [0.29, 0.717) is 11.3 Å². The number of para-hydroxylation sites is 1. The topological polar surface area (TPSA) is 54.9 Å². The van der Waals surface area contributed by atoms with Crippen LogP contribution in [0.25, 0.3) is 5.69 Å². The Labute approximate surface area is 96.1 Å². The first-order valence-electron chi connectivity index (χ1n) is 4.68. The first-order chi connectivity index (χ1) is 7.61. The normalized spacial score (nSPS) is 10.4. The third-order valence-corrected chi connectivity index (χ3v) is 2.67. The highest BCUT2D eigenvalue weighted by Crippen LogP contribution is 2.06. The molecule has 0 radical (unpaired) electrons. The number of nitrogens with zero attached hydrogens (tertiary/aromatic N) is 1. The summed E-state index contributed by atoms with van der Waals surface area (Å²) in [6, 6.07) is 8.69. The summed E-state index contributed by atoms with van der Waals surface area (Å²) in [5.74, 6) is 0. The van der Waals surface area contributed by atoms with E-state index in [1.807, 2.05) is 6.07 Å². The molecule has 16 heavy (non-hydrogen) atoms. The van der Waals surface area contributed by atoms with Crippen molar-refractivity contribution in [3.63, 3.8) is 0 Å². The second kappa shape index (κ2) is 3.98. The molecule has 0 aliphatic carbocycles. The summed E-state index contributed by atoms with van der Waals surface area (Å²) in [4.78, 5) is 25.9. The van der Waals surface area contributed by atoms with Gasteiger partial charge in [0, 0.05) is 0 Å². The van der Waals surface area contributed by atoms with E-state index < -0.39 is 11.2 Å². The largest absolute Gasteiger partial charge is 0.334 e. The van der Waals surface area contributed by atoms with Crippen molar-refractivity contribution in [2.45, 2.75) is 6.92 Å². The predicted octanol–water partition coefficient (Wildman–Crippen LogP) is 1.49. The Morgan fingerprint density at radius 1 is 1.19 bits per heavy atom. The van der Waals surface area contributed by atoms with E-state index in [0.717, 1.165) is 4.57 Å². The van der Waals surface area contributed by atoms with Crippen LogP contribution in [-0.2, 0) is 0 Å². The number of rotatable bonds is 1. The summed E-state index contributed by atoms with van der Waals surface area (Å²) in [5.41, 5.74) is -0.0922. The first kappa shape index (κ1) is 10.7. The fourth-order valence-corrected chi connectivity index (χ4v) is 1.57. The van der Waals surface area contributed by atoms with Gasteiger partial charge in [0.15, 0.2) is 0 Å². The number of hydrogen-bond acceptors (Lipinski definition) is 2. The molecule has 0 aliphatic heterocycles. The van der Waals surface area contributed by atoms with Gasteiger partial charge in [-0.25, -0.2) is 9.36 Å². The minimum atomic E-state index is -0.535. The summed E-state index contributed by atoms with van der Waals surface area (Å²) in [5, 5.41) is 0.0854. The molecular formula is C11H9ClN2O2. The Balaban J connectivity index is 2.82. The predicted molar refractivity (Wildman–Crippen MR) is 62.4 cm³/mol. The van der Waals surface area contributed by atoms with Gasteiger partial charge >= 0.3 is 5.69 Å². The van der Waals surface area contributed by atoms with Gasteiger partial charge in [-0.1, -0.05) is 29.8 Å². The van der Waals surface area contributed by atoms with Crippen LogP contribution in [0.5, 0.6) is 0 Å². The fourth-order valence-electron chi connectivity index (χ4n) is 1.41. The van der Waals surface area contributed by atoms with Gasteiger partial charge in [-0.15, -0.1) is 0 Å². The van der Waals surface area contributed by atoms with E-state index in [-0.39, 0.29) is 5.15 Å². The fraction of sp³-hybridized carbons (Fsp3) is 0.0909. The molecule has 5 heteroatoms. The maximum Gasteiger partial charge on any atom is 0.334 e. The van der Waals surface area contributed by atoms with Crippen LogP contribution >= 0.6 is 11.6 Å². The summed E-state index contributed by atoms with van der Waals surface area (Å²) >= 11 is 5.71. The second-order valence-corrected chi connectivity index (χ2v) is 3.72. The Kier molecular flexibility index (Phi) is 2.66. The third kappa shape index (κ3) is 1.67. The lowest BCUT2D eigenvalue weighted by Gasteiger charge is -2.05. The van der Waals surface area contributed by atoms with Gasteiger partial charge in [-0.05, 0) is 19.1 Å². The molecule has 1 heterocycles. The maximum atomic E-state index is 11.9. The van der Waals surface area contributed by atoms with Crippen molar-refractivity contribution in [1.82, 2.24) is 9.55 Å². The average molecular weight is 237 g/mol. The zero-order valence-electron chi connectivity index (χ0n) is 8.53. The molecule has 0 atom stereocenters. The lowest BCUT2D eigenvalue weighted by Crippen LogP contribution is -2.35. The molecule has 0 spiro atoms. The van der Waals surface area contributed by atoms with Gasteiger partial charge in [0.05, 0.1) is 11.3 Å². The second-order valence-electron chi connectivity index (χ2n) is 3.35. The zero-order chi connectivity index (χ0) is 11.7. The highest BCUT2D eigenvalue weighted by molar-refractivity contribution is 6.30. The Morgan fingerprint density at radius 2 is 1.81 bits per heavy atom. The molecule has 4 nitrogen and oxygen atoms in total. The lowest BCUT2D eigenvalue weighted by atomic mass is 10.3. The zero-order valence-corrected chi connectivity index (χ0v) is 9.28. The molecule has 82 valence electrons. The summed E-state index contributed by atoms with van der Waals surface area (Å²) in [6.07, 6.45) is 0. The van der Waals surface area contributed by atoms with Crippen LogP contribution in [0.15, 0.2) is 39.9 Å². The van der Waals surface area contributed by atoms with Crippen LogP contribution in [0.3, 0.4) is 0 Å². The Morgan fingerprint density at radius 3 is 2.44 bits per heavy atom. The summed E-state index contributed by atoms with van der Waals surface area (Å²) in [7, 11) is 0. The van der Waals surface area contributed by atoms with Gasteiger partial charge in [0.25, 0.3) is 5.56 Å². The number of H-pyrrole nitrogens is 1. The molecule has 1 aromatic carbocycles. The van der Waals surface area contributed by atoms with E-state index in [4.69, 9.17) is 11.6 Å². The smallest absolute Gasteiger partial charge is 0.297 e. The first-order valence-corrected chi connectivity index (χ1v) is 5.06. The lowest BCUT2D eigenvalue weighted by molar-refractivity contribution is 0.860. The maximum absolute atomic E-state index is 11.9. The standard InChI is InChI=1S/C11H9ClN2O2/c1-7-9(12)13-11(16)14(10(7)15)8-5-3-2-4-6-8/h2-6H,1H3,(H,13,16). The van der Waals surface area contributed by atoms with E-state index in [1.165, 1.54) is 0 Å². The third-order valence-electron chi connectivity index (χ3n) is 2.29. The van der Waals surface area contributed by atoms with Crippen molar-refractivity contribution in [1.29, 1.82) is 0 Å². The molecule has 0 saturated heterocycles. The van der Waals surface area contributed by atoms with Crippen molar-refractivity contribution >= 4 is 11.6 Å². The van der Waals surface area contributed by atoms with E-state index in [9.17, 15) is 9.59 Å². The van der Waals surface area contributed by atoms with Gasteiger partial charge in [-0.3, -0.25) is 9.78 Å². The van der Waals surface area contributed by atoms with Crippen molar-refractivity contribution in [3.05, 3.63) is 61.9 Å². The quantitative estimate of drug-likeness (QED) is 0.763. The van der Waals surface area contributed by atoms with Crippen LogP contribution < -0.4 is 11.2 Å². The number of halogens is 1. The van der Waals surface area contributed by atoms with Crippen LogP contribution in [-0.4, -0.2) is 9.55 Å². The summed E-state index contributed by atoms with van der Waals surface area (Å²) < 4.78 is 1.06. The van der Waals surface area contributed by atoms with Crippen LogP contribution in [0.2, 0.25) is 5.15 Å². The number of aromatic amines is 1. The Hall–Kier alpha value is -1.81. The van der Waals surface area contributed by atoms with Crippen molar-refractivity contribution in [2.75, 3.05) is 0 Å². The van der Waals surface area contributed by atoms with Gasteiger partial charge in [0.2, 0.25) is 0 Å². The number of aromatic nitrogens is 2. The molecule has 2 rings (SSSR count). The van der Waals surface area contributed by atoms with Crippen molar-refractivity contribution in [3.8, 4) is 5.69 Å². The molecule has 0 fully saturated rings. The van der Waals surface area contributed by atoms with Crippen LogP contribution in [0.4, 0.5) is 0 Å². The molecule has 0 bridgehead atoms. The molecule has 0 aliphatic rings. The average Bonchev–Trinajstić information content (AvgIpc) is 2.28. The van der Waals surface area contributed by atoms with Crippen LogP contribution in [0, 0.1) is 6.92 Å². The minimum Gasteiger partial charge on any atom is -0.297 e. The molecule has 0 amide bonds. The minimum absolute atomic E-state index is 0.0854. The van der Waals surface area contributed by atoms with Gasteiger partial charge in [0.1, 0.15) is 5.15 Å². The molecular weight excluding hydrogens is 228 g/mol. The van der Waals surface area contributed by atoms with Crippen molar-refractivity contribution in [2.24, 2.45) is 0 Å². The van der Waals surface area contributed by atoms with E-state index in [2.05, 4.69) is 4.98 Å². The number of nitrogens with one attached hydrogen (secondary N) is 1. The van der Waals surface area contributed by atoms with E-state index >= 15 is 0 Å². The van der Waals surface area contributed by atoms with Crippen molar-refractivity contribution < 1.29 is 0 Å². The summed E-state index contributed by atoms with van der Waals surface area (Å²) in [6.45, 7) is 1.57. The highest BCUT2D eigenvalue weighted by atomic mass is 35.5.